The summed E-state index contributed by atoms with van der Waals surface area (Å²) in [5.41, 5.74) is 1.83. The summed E-state index contributed by atoms with van der Waals surface area (Å²) >= 11 is 0. The first-order valence-electron chi connectivity index (χ1n) is 10.2. The van der Waals surface area contributed by atoms with Crippen molar-refractivity contribution in [1.29, 1.82) is 0 Å². The Balaban J connectivity index is 0.00000420. The number of nitrogens with zero attached hydrogens (tertiary/aromatic N) is 2. The molecule has 0 spiro atoms. The lowest BCUT2D eigenvalue weighted by molar-refractivity contribution is 0.0963. The number of likely N-dealkylation sites (tertiary alicyclic amines) is 1. The Kier molecular flexibility index (Phi) is 12.9. The van der Waals surface area contributed by atoms with E-state index in [4.69, 9.17) is 4.74 Å². The number of piperidine rings is 1. The molecule has 1 amide bonds. The van der Waals surface area contributed by atoms with Gasteiger partial charge >= 0.3 is 0 Å². The molecule has 0 bridgehead atoms. The SMILES string of the molecule is CN=C(NCCc1cccc(C(=O)NC)c1)NC1CCN(CCCOC)CC1.I. The van der Waals surface area contributed by atoms with Crippen LogP contribution in [0.15, 0.2) is 29.3 Å². The van der Waals surface area contributed by atoms with E-state index in [0.717, 1.165) is 70.0 Å². The molecule has 1 fully saturated rings. The molecule has 0 atom stereocenters. The van der Waals surface area contributed by atoms with E-state index in [2.05, 4.69) is 25.8 Å². The van der Waals surface area contributed by atoms with Crippen molar-refractivity contribution in [2.24, 2.45) is 4.99 Å². The molecule has 0 radical (unpaired) electrons. The van der Waals surface area contributed by atoms with E-state index >= 15 is 0 Å². The van der Waals surface area contributed by atoms with Gasteiger partial charge in [-0.2, -0.15) is 0 Å². The maximum Gasteiger partial charge on any atom is 0.251 e. The van der Waals surface area contributed by atoms with Gasteiger partial charge in [0.25, 0.3) is 5.91 Å². The maximum absolute atomic E-state index is 11.7. The number of halogens is 1. The van der Waals surface area contributed by atoms with Crippen molar-refractivity contribution < 1.29 is 9.53 Å². The van der Waals surface area contributed by atoms with Gasteiger partial charge in [0.05, 0.1) is 0 Å². The Morgan fingerprint density at radius 1 is 1.31 bits per heavy atom. The number of ether oxygens (including phenoxy) is 1. The standard InChI is InChI=1S/C21H35N5O2.HI/c1-22-20(27)18-7-4-6-17(16-18)8-11-24-21(23-2)25-19-9-13-26(14-10-19)12-5-15-28-3;/h4,6-7,16,19H,5,8-15H2,1-3H3,(H,22,27)(H2,23,24,25);1H. The molecule has 1 aromatic rings. The number of amides is 1. The number of methoxy groups -OCH3 is 1. The van der Waals surface area contributed by atoms with Crippen LogP contribution in [0.4, 0.5) is 0 Å². The van der Waals surface area contributed by atoms with Crippen molar-refractivity contribution >= 4 is 35.8 Å². The molecule has 1 aliphatic rings. The monoisotopic (exact) mass is 517 g/mol. The number of rotatable bonds is 9. The van der Waals surface area contributed by atoms with Crippen molar-refractivity contribution in [3.8, 4) is 0 Å². The highest BCUT2D eigenvalue weighted by atomic mass is 127. The molecule has 1 aromatic carbocycles. The van der Waals surface area contributed by atoms with Gasteiger partial charge < -0.3 is 25.6 Å². The molecule has 164 valence electrons. The minimum Gasteiger partial charge on any atom is -0.385 e. The number of guanidine groups is 1. The van der Waals surface area contributed by atoms with Crippen LogP contribution >= 0.6 is 24.0 Å². The Hall–Kier alpha value is -1.39. The molecular weight excluding hydrogens is 481 g/mol. The summed E-state index contributed by atoms with van der Waals surface area (Å²) in [6.45, 7) is 4.95. The summed E-state index contributed by atoms with van der Waals surface area (Å²) in [6.07, 6.45) is 4.19. The van der Waals surface area contributed by atoms with Crippen LogP contribution in [-0.4, -0.2) is 76.8 Å². The number of benzene rings is 1. The Labute approximate surface area is 192 Å². The molecule has 0 unspecified atom stereocenters. The average Bonchev–Trinajstić information content (AvgIpc) is 2.74. The van der Waals surface area contributed by atoms with E-state index in [1.807, 2.05) is 24.3 Å². The number of nitrogens with one attached hydrogen (secondary N) is 3. The smallest absolute Gasteiger partial charge is 0.251 e. The molecular formula is C21H36IN5O2. The number of hydrogen-bond donors (Lipinski definition) is 3. The van der Waals surface area contributed by atoms with Gasteiger partial charge in [-0.25, -0.2) is 0 Å². The zero-order valence-electron chi connectivity index (χ0n) is 17.9. The first kappa shape index (κ1) is 25.6. The third-order valence-corrected chi connectivity index (χ3v) is 5.10. The predicted octanol–water partition coefficient (Wildman–Crippen LogP) is 1.87. The zero-order valence-corrected chi connectivity index (χ0v) is 20.2. The second-order valence-corrected chi connectivity index (χ2v) is 7.14. The molecule has 0 aliphatic carbocycles. The van der Waals surface area contributed by atoms with E-state index in [1.54, 1.807) is 21.2 Å². The summed E-state index contributed by atoms with van der Waals surface area (Å²) in [6, 6.07) is 8.20. The van der Waals surface area contributed by atoms with Gasteiger partial charge in [0.15, 0.2) is 5.96 Å². The van der Waals surface area contributed by atoms with Crippen LogP contribution in [-0.2, 0) is 11.2 Å². The second kappa shape index (κ2) is 14.6. The van der Waals surface area contributed by atoms with Crippen LogP contribution in [0.2, 0.25) is 0 Å². The van der Waals surface area contributed by atoms with E-state index in [-0.39, 0.29) is 29.9 Å². The molecule has 1 heterocycles. The number of aliphatic imine (C=N–C) groups is 1. The molecule has 1 saturated heterocycles. The van der Waals surface area contributed by atoms with Gasteiger partial charge in [0.2, 0.25) is 0 Å². The predicted molar refractivity (Wildman–Crippen MR) is 129 cm³/mol. The molecule has 2 rings (SSSR count). The lowest BCUT2D eigenvalue weighted by atomic mass is 10.1. The molecule has 3 N–H and O–H groups in total. The van der Waals surface area contributed by atoms with Gasteiger partial charge in [-0.1, -0.05) is 12.1 Å². The number of hydrogen-bond acceptors (Lipinski definition) is 4. The molecule has 0 saturated carbocycles. The number of carbonyl (C=O) groups is 1. The van der Waals surface area contributed by atoms with E-state index in [1.165, 1.54) is 0 Å². The van der Waals surface area contributed by atoms with E-state index < -0.39 is 0 Å². The summed E-state index contributed by atoms with van der Waals surface area (Å²) in [7, 11) is 5.21. The Morgan fingerprint density at radius 2 is 2.07 bits per heavy atom. The summed E-state index contributed by atoms with van der Waals surface area (Å²) in [5, 5.41) is 9.59. The van der Waals surface area contributed by atoms with Crippen LogP contribution in [0.3, 0.4) is 0 Å². The van der Waals surface area contributed by atoms with Crippen LogP contribution in [0.5, 0.6) is 0 Å². The third-order valence-electron chi connectivity index (χ3n) is 5.10. The third kappa shape index (κ3) is 9.31. The molecule has 8 heteroatoms. The second-order valence-electron chi connectivity index (χ2n) is 7.14. The summed E-state index contributed by atoms with van der Waals surface area (Å²) in [4.78, 5) is 18.6. The van der Waals surface area contributed by atoms with Gasteiger partial charge in [0, 0.05) is 65.6 Å². The van der Waals surface area contributed by atoms with Crippen molar-refractivity contribution in [2.75, 3.05) is 54.0 Å². The minimum absolute atomic E-state index is 0. The van der Waals surface area contributed by atoms with Crippen molar-refractivity contribution in [2.45, 2.75) is 31.7 Å². The lowest BCUT2D eigenvalue weighted by Crippen LogP contribution is -2.49. The fraction of sp³-hybridized carbons (Fsp3) is 0.619. The zero-order chi connectivity index (χ0) is 20.2. The molecule has 29 heavy (non-hydrogen) atoms. The number of carbonyl (C=O) groups excluding carboxylic acids is 1. The highest BCUT2D eigenvalue weighted by Gasteiger charge is 2.19. The quantitative estimate of drug-likeness (QED) is 0.202. The maximum atomic E-state index is 11.7. The van der Waals surface area contributed by atoms with Gasteiger partial charge in [0.1, 0.15) is 0 Å². The Bertz CT molecular complexity index is 633. The molecule has 1 aliphatic heterocycles. The van der Waals surface area contributed by atoms with Crippen LogP contribution in [0.25, 0.3) is 0 Å². The van der Waals surface area contributed by atoms with Crippen LogP contribution in [0, 0.1) is 0 Å². The molecule has 7 nitrogen and oxygen atoms in total. The van der Waals surface area contributed by atoms with Crippen LogP contribution < -0.4 is 16.0 Å². The fourth-order valence-electron chi connectivity index (χ4n) is 3.46. The van der Waals surface area contributed by atoms with Gasteiger partial charge in [-0.05, 0) is 43.4 Å². The topological polar surface area (TPSA) is 78.0 Å². The van der Waals surface area contributed by atoms with Crippen LogP contribution in [0.1, 0.15) is 35.2 Å². The van der Waals surface area contributed by atoms with Gasteiger partial charge in [-0.3, -0.25) is 9.79 Å². The largest absolute Gasteiger partial charge is 0.385 e. The molecule has 0 aromatic heterocycles. The normalized spacial score (nSPS) is 15.5. The van der Waals surface area contributed by atoms with Crippen molar-refractivity contribution in [3.63, 3.8) is 0 Å². The first-order chi connectivity index (χ1) is 13.7. The van der Waals surface area contributed by atoms with Gasteiger partial charge in [-0.15, -0.1) is 24.0 Å². The first-order valence-corrected chi connectivity index (χ1v) is 10.2. The Morgan fingerprint density at radius 3 is 2.72 bits per heavy atom. The average molecular weight is 517 g/mol. The minimum atomic E-state index is -0.0548. The van der Waals surface area contributed by atoms with Crippen molar-refractivity contribution in [1.82, 2.24) is 20.9 Å². The van der Waals surface area contributed by atoms with E-state index in [9.17, 15) is 4.79 Å². The lowest BCUT2D eigenvalue weighted by Gasteiger charge is -2.33. The highest BCUT2D eigenvalue weighted by Crippen LogP contribution is 2.10. The fourth-order valence-corrected chi connectivity index (χ4v) is 3.46. The van der Waals surface area contributed by atoms with Crippen molar-refractivity contribution in [3.05, 3.63) is 35.4 Å². The summed E-state index contributed by atoms with van der Waals surface area (Å²) in [5.74, 6) is 0.793. The van der Waals surface area contributed by atoms with E-state index in [0.29, 0.717) is 11.6 Å². The summed E-state index contributed by atoms with van der Waals surface area (Å²) < 4.78 is 5.13. The highest BCUT2D eigenvalue weighted by molar-refractivity contribution is 14.0.